The number of hydrogen-bond donors (Lipinski definition) is 2. The summed E-state index contributed by atoms with van der Waals surface area (Å²) >= 11 is 3.97. The van der Waals surface area contributed by atoms with Gasteiger partial charge in [-0.1, -0.05) is 6.92 Å². The quantitative estimate of drug-likeness (QED) is 0.437. The van der Waals surface area contributed by atoms with E-state index in [0.29, 0.717) is 6.61 Å². The fourth-order valence-electron chi connectivity index (χ4n) is 0.832. The number of aliphatic hydroxyl groups is 1. The third-order valence-electron chi connectivity index (χ3n) is 1.56. The smallest absolute Gasteiger partial charge is 0.0431 e. The van der Waals surface area contributed by atoms with Gasteiger partial charge in [0.25, 0.3) is 0 Å². The first kappa shape index (κ1) is 13.6. The molecule has 0 aliphatic carbocycles. The summed E-state index contributed by atoms with van der Waals surface area (Å²) in [4.78, 5) is 0. The van der Waals surface area contributed by atoms with Crippen molar-refractivity contribution in [3.8, 4) is 0 Å². The van der Waals surface area contributed by atoms with Gasteiger partial charge in [0.2, 0.25) is 0 Å². The number of unbranched alkanes of at least 4 members (excludes halogenated alkanes) is 1. The molecule has 0 bridgehead atoms. The molecule has 0 aliphatic heterocycles. The van der Waals surface area contributed by atoms with E-state index in [1.807, 2.05) is 23.5 Å². The summed E-state index contributed by atoms with van der Waals surface area (Å²) in [5.74, 6) is 2.42. The Kier molecular flexibility index (Phi) is 13.2. The lowest BCUT2D eigenvalue weighted by molar-refractivity contribution is 0.284. The first-order valence-corrected chi connectivity index (χ1v) is 7.19. The van der Waals surface area contributed by atoms with Crippen molar-refractivity contribution >= 4 is 23.5 Å². The van der Waals surface area contributed by atoms with Gasteiger partial charge in [0.15, 0.2) is 0 Å². The zero-order valence-electron chi connectivity index (χ0n) is 8.42. The van der Waals surface area contributed by atoms with Gasteiger partial charge in [0.05, 0.1) is 0 Å². The molecule has 0 aromatic rings. The van der Waals surface area contributed by atoms with Gasteiger partial charge in [-0.15, -0.1) is 11.8 Å². The number of rotatable bonds is 10. The van der Waals surface area contributed by atoms with E-state index >= 15 is 0 Å². The first-order valence-electron chi connectivity index (χ1n) is 4.89. The van der Waals surface area contributed by atoms with Crippen LogP contribution in [-0.4, -0.2) is 41.4 Å². The van der Waals surface area contributed by atoms with Crippen molar-refractivity contribution in [3.63, 3.8) is 0 Å². The Balaban J connectivity index is 2.76. The minimum absolute atomic E-state index is 0.323. The molecular formula is C9H21NOS2. The molecule has 13 heavy (non-hydrogen) atoms. The summed E-state index contributed by atoms with van der Waals surface area (Å²) in [6.45, 7) is 4.66. The number of nitrogens with one attached hydrogen (secondary N) is 1. The minimum atomic E-state index is 0.323. The molecule has 0 saturated carbocycles. The second-order valence-corrected chi connectivity index (χ2v) is 5.44. The molecular weight excluding hydrogens is 202 g/mol. The number of hydrogen-bond acceptors (Lipinski definition) is 4. The van der Waals surface area contributed by atoms with Crippen LogP contribution >= 0.6 is 23.5 Å². The lowest BCUT2D eigenvalue weighted by atomic mass is 10.3. The summed E-state index contributed by atoms with van der Waals surface area (Å²) in [5.41, 5.74) is 0. The molecule has 0 radical (unpaired) electrons. The predicted molar refractivity (Wildman–Crippen MR) is 64.6 cm³/mol. The van der Waals surface area contributed by atoms with E-state index in [1.54, 1.807) is 0 Å². The molecule has 2 nitrogen and oxygen atoms in total. The Morgan fingerprint density at radius 1 is 1.15 bits per heavy atom. The maximum absolute atomic E-state index is 8.53. The molecule has 0 atom stereocenters. The zero-order valence-corrected chi connectivity index (χ0v) is 10.1. The van der Waals surface area contributed by atoms with Gasteiger partial charge < -0.3 is 10.4 Å². The second-order valence-electron chi connectivity index (χ2n) is 2.70. The van der Waals surface area contributed by atoms with Crippen LogP contribution in [0.15, 0.2) is 0 Å². The van der Waals surface area contributed by atoms with Crippen molar-refractivity contribution in [2.24, 2.45) is 0 Å². The van der Waals surface area contributed by atoms with Crippen LogP contribution in [0.4, 0.5) is 0 Å². The Labute approximate surface area is 90.2 Å². The molecule has 0 fully saturated rings. The normalized spacial score (nSPS) is 10.6. The fourth-order valence-corrected chi connectivity index (χ4v) is 2.73. The average molecular weight is 223 g/mol. The number of aliphatic hydroxyl groups excluding tert-OH is 1. The minimum Gasteiger partial charge on any atom is -0.396 e. The Hall–Kier alpha value is 0.620. The van der Waals surface area contributed by atoms with Crippen molar-refractivity contribution in [3.05, 3.63) is 0 Å². The highest BCUT2D eigenvalue weighted by Crippen LogP contribution is 2.09. The molecule has 0 saturated heterocycles. The van der Waals surface area contributed by atoms with Crippen LogP contribution < -0.4 is 5.32 Å². The Bertz CT molecular complexity index is 83.7. The van der Waals surface area contributed by atoms with E-state index in [9.17, 15) is 0 Å². The maximum atomic E-state index is 8.53. The highest BCUT2D eigenvalue weighted by Gasteiger charge is 1.89. The fraction of sp³-hybridized carbons (Fsp3) is 1.00. The average Bonchev–Trinajstić information content (AvgIpc) is 2.16. The third kappa shape index (κ3) is 12.6. The third-order valence-corrected chi connectivity index (χ3v) is 3.79. The van der Waals surface area contributed by atoms with Crippen LogP contribution in [0.2, 0.25) is 0 Å². The Morgan fingerprint density at radius 2 is 2.00 bits per heavy atom. The van der Waals surface area contributed by atoms with Crippen molar-refractivity contribution in [2.75, 3.05) is 36.3 Å². The van der Waals surface area contributed by atoms with E-state index in [-0.39, 0.29) is 0 Å². The molecule has 4 heteroatoms. The van der Waals surface area contributed by atoms with Crippen molar-refractivity contribution < 1.29 is 5.11 Å². The van der Waals surface area contributed by atoms with Gasteiger partial charge in [-0.25, -0.2) is 0 Å². The van der Waals surface area contributed by atoms with E-state index in [1.165, 1.54) is 16.6 Å². The van der Waals surface area contributed by atoms with E-state index < -0.39 is 0 Å². The molecule has 0 spiro atoms. The summed E-state index contributed by atoms with van der Waals surface area (Å²) < 4.78 is 0. The van der Waals surface area contributed by atoms with Crippen LogP contribution in [0.25, 0.3) is 0 Å². The highest BCUT2D eigenvalue weighted by atomic mass is 32.2. The summed E-state index contributed by atoms with van der Waals surface area (Å²) in [6, 6.07) is 0. The van der Waals surface area contributed by atoms with Gasteiger partial charge in [0, 0.05) is 24.0 Å². The molecule has 80 valence electrons. The monoisotopic (exact) mass is 223 g/mol. The van der Waals surface area contributed by atoms with Gasteiger partial charge in [-0.2, -0.15) is 11.8 Å². The molecule has 0 amide bonds. The molecule has 0 aromatic heterocycles. The van der Waals surface area contributed by atoms with Crippen LogP contribution in [0.5, 0.6) is 0 Å². The van der Waals surface area contributed by atoms with Gasteiger partial charge in [0.1, 0.15) is 0 Å². The molecule has 2 N–H and O–H groups in total. The predicted octanol–water partition coefficient (Wildman–Crippen LogP) is 1.79. The van der Waals surface area contributed by atoms with E-state index in [2.05, 4.69) is 12.2 Å². The van der Waals surface area contributed by atoms with Gasteiger partial charge in [-0.05, 0) is 25.1 Å². The molecule has 0 rings (SSSR count). The van der Waals surface area contributed by atoms with Crippen LogP contribution in [0.3, 0.4) is 0 Å². The molecule has 0 heterocycles. The standard InChI is InChI=1S/C9H21NOS2/c1-2-12-9-13-8-6-10-5-3-4-7-11/h10-11H,2-9H2,1H3. The van der Waals surface area contributed by atoms with Gasteiger partial charge >= 0.3 is 0 Å². The number of thioether (sulfide) groups is 2. The van der Waals surface area contributed by atoms with Crippen molar-refractivity contribution in [1.82, 2.24) is 5.32 Å². The summed E-state index contributed by atoms with van der Waals surface area (Å²) in [5, 5.41) is 13.1. The second kappa shape index (κ2) is 12.6. The summed E-state index contributed by atoms with van der Waals surface area (Å²) in [7, 11) is 0. The molecule has 0 aliphatic rings. The molecule has 0 aromatic carbocycles. The maximum Gasteiger partial charge on any atom is 0.0431 e. The first-order chi connectivity index (χ1) is 6.41. The highest BCUT2D eigenvalue weighted by molar-refractivity contribution is 8.15. The SMILES string of the molecule is CCSCSCCNCCCCO. The van der Waals surface area contributed by atoms with E-state index in [0.717, 1.165) is 25.9 Å². The van der Waals surface area contributed by atoms with Crippen LogP contribution in [-0.2, 0) is 0 Å². The lowest BCUT2D eigenvalue weighted by Gasteiger charge is -2.03. The lowest BCUT2D eigenvalue weighted by Crippen LogP contribution is -2.18. The van der Waals surface area contributed by atoms with Crippen molar-refractivity contribution in [1.29, 1.82) is 0 Å². The zero-order chi connectivity index (χ0) is 9.78. The van der Waals surface area contributed by atoms with Crippen molar-refractivity contribution in [2.45, 2.75) is 19.8 Å². The largest absolute Gasteiger partial charge is 0.396 e. The summed E-state index contributed by atoms with van der Waals surface area (Å²) in [6.07, 6.45) is 2.01. The topological polar surface area (TPSA) is 32.3 Å². The molecule has 0 unspecified atom stereocenters. The van der Waals surface area contributed by atoms with Crippen LogP contribution in [0.1, 0.15) is 19.8 Å². The van der Waals surface area contributed by atoms with E-state index in [4.69, 9.17) is 5.11 Å². The van der Waals surface area contributed by atoms with Gasteiger partial charge in [-0.3, -0.25) is 0 Å². The Morgan fingerprint density at radius 3 is 2.69 bits per heavy atom. The van der Waals surface area contributed by atoms with Crippen LogP contribution in [0, 0.1) is 0 Å².